The maximum atomic E-state index is 6.19. The second-order valence-corrected chi connectivity index (χ2v) is 7.86. The van der Waals surface area contributed by atoms with E-state index in [1.807, 2.05) is 38.0 Å². The predicted octanol–water partition coefficient (Wildman–Crippen LogP) is 2.78. The van der Waals surface area contributed by atoms with E-state index in [0.29, 0.717) is 0 Å². The highest BCUT2D eigenvalue weighted by Crippen LogP contribution is 2.36. The summed E-state index contributed by atoms with van der Waals surface area (Å²) in [4.78, 5) is 0. The van der Waals surface area contributed by atoms with E-state index in [9.17, 15) is 0 Å². The third-order valence-electron chi connectivity index (χ3n) is 5.38. The Hall–Kier alpha value is -2.12. The zero-order valence-corrected chi connectivity index (χ0v) is 16.7. The van der Waals surface area contributed by atoms with Crippen molar-refractivity contribution in [2.24, 2.45) is 12.1 Å². The average molecular weight is 354 g/mol. The fraction of sp³-hybridized carbons (Fsp3) is 0.474. The molecular formula is C19H27BN4O2. The lowest BCUT2D eigenvalue weighted by Gasteiger charge is -2.32. The van der Waals surface area contributed by atoms with Crippen molar-refractivity contribution < 1.29 is 9.31 Å². The van der Waals surface area contributed by atoms with Crippen LogP contribution in [0.1, 0.15) is 40.3 Å². The van der Waals surface area contributed by atoms with Gasteiger partial charge in [-0.1, -0.05) is 12.1 Å². The van der Waals surface area contributed by atoms with Crippen molar-refractivity contribution >= 4 is 35.8 Å². The van der Waals surface area contributed by atoms with Crippen LogP contribution in [0.15, 0.2) is 29.5 Å². The SMILES string of the molecule is C=NN(C)/C=C(\C)c1nn(C)c2ccc(B3OC(C)(C)C(C)(C)O3)cc12. The first-order chi connectivity index (χ1) is 12.1. The van der Waals surface area contributed by atoms with Gasteiger partial charge < -0.3 is 9.31 Å². The number of rotatable bonds is 4. The molecule has 138 valence electrons. The minimum atomic E-state index is -0.390. The summed E-state index contributed by atoms with van der Waals surface area (Å²) in [7, 11) is 3.40. The van der Waals surface area contributed by atoms with Gasteiger partial charge in [-0.2, -0.15) is 10.2 Å². The summed E-state index contributed by atoms with van der Waals surface area (Å²) in [5.41, 5.74) is 3.25. The van der Waals surface area contributed by atoms with Crippen LogP contribution in [-0.4, -0.2) is 46.9 Å². The van der Waals surface area contributed by atoms with Crippen LogP contribution in [-0.2, 0) is 16.4 Å². The van der Waals surface area contributed by atoms with E-state index < -0.39 is 0 Å². The first-order valence-corrected chi connectivity index (χ1v) is 8.76. The van der Waals surface area contributed by atoms with Crippen LogP contribution >= 0.6 is 0 Å². The van der Waals surface area contributed by atoms with Crippen LogP contribution in [0, 0.1) is 0 Å². The number of hydrogen-bond donors (Lipinski definition) is 0. The first kappa shape index (κ1) is 18.7. The Labute approximate surface area is 155 Å². The predicted molar refractivity (Wildman–Crippen MR) is 107 cm³/mol. The van der Waals surface area contributed by atoms with Gasteiger partial charge in [0.1, 0.15) is 0 Å². The number of hydrazone groups is 1. The molecule has 2 aromatic rings. The molecule has 0 saturated carbocycles. The van der Waals surface area contributed by atoms with Crippen molar-refractivity contribution in [2.75, 3.05) is 7.05 Å². The molecule has 3 rings (SSSR count). The minimum Gasteiger partial charge on any atom is -0.399 e. The van der Waals surface area contributed by atoms with E-state index in [1.165, 1.54) is 0 Å². The molecule has 0 spiro atoms. The summed E-state index contributed by atoms with van der Waals surface area (Å²) >= 11 is 0. The number of nitrogens with zero attached hydrogens (tertiary/aromatic N) is 4. The zero-order valence-electron chi connectivity index (χ0n) is 16.7. The molecule has 0 bridgehead atoms. The number of aryl methyl sites for hydroxylation is 1. The summed E-state index contributed by atoms with van der Waals surface area (Å²) in [5.74, 6) is 0. The van der Waals surface area contributed by atoms with Gasteiger partial charge in [-0.05, 0) is 51.7 Å². The Kier molecular flexibility index (Phi) is 4.49. The molecule has 0 aliphatic carbocycles. The number of hydrogen-bond acceptors (Lipinski definition) is 5. The molecule has 0 radical (unpaired) electrons. The Bertz CT molecular complexity index is 869. The lowest BCUT2D eigenvalue weighted by molar-refractivity contribution is 0.00578. The van der Waals surface area contributed by atoms with Crippen LogP contribution < -0.4 is 5.46 Å². The van der Waals surface area contributed by atoms with E-state index in [4.69, 9.17) is 9.31 Å². The average Bonchev–Trinajstić information content (AvgIpc) is 3.00. The Morgan fingerprint density at radius 1 is 1.27 bits per heavy atom. The van der Waals surface area contributed by atoms with E-state index in [-0.39, 0.29) is 18.3 Å². The second-order valence-electron chi connectivity index (χ2n) is 7.86. The van der Waals surface area contributed by atoms with E-state index in [2.05, 4.69) is 56.7 Å². The third-order valence-corrected chi connectivity index (χ3v) is 5.38. The number of benzene rings is 1. The fourth-order valence-electron chi connectivity index (χ4n) is 3.08. The van der Waals surface area contributed by atoms with Gasteiger partial charge in [0.25, 0.3) is 0 Å². The van der Waals surface area contributed by atoms with E-state index in [1.54, 1.807) is 5.01 Å². The van der Waals surface area contributed by atoms with Gasteiger partial charge >= 0.3 is 7.12 Å². The molecule has 1 aliphatic rings. The molecular weight excluding hydrogens is 327 g/mol. The topological polar surface area (TPSA) is 51.9 Å². The van der Waals surface area contributed by atoms with Crippen LogP contribution in [0.3, 0.4) is 0 Å². The highest BCUT2D eigenvalue weighted by molar-refractivity contribution is 6.62. The molecule has 6 nitrogen and oxygen atoms in total. The third kappa shape index (κ3) is 3.06. The van der Waals surface area contributed by atoms with E-state index >= 15 is 0 Å². The molecule has 1 saturated heterocycles. The van der Waals surface area contributed by atoms with Gasteiger partial charge in [0.2, 0.25) is 0 Å². The molecule has 26 heavy (non-hydrogen) atoms. The van der Waals surface area contributed by atoms with Gasteiger partial charge in [0, 0.05) is 32.4 Å². The van der Waals surface area contributed by atoms with Crippen molar-refractivity contribution in [3.63, 3.8) is 0 Å². The van der Waals surface area contributed by atoms with Crippen molar-refractivity contribution in [2.45, 2.75) is 45.8 Å². The summed E-state index contributed by atoms with van der Waals surface area (Å²) in [6.07, 6.45) is 1.91. The molecule has 0 unspecified atom stereocenters. The summed E-state index contributed by atoms with van der Waals surface area (Å²) < 4.78 is 14.3. The van der Waals surface area contributed by atoms with Gasteiger partial charge in [-0.3, -0.25) is 9.69 Å². The monoisotopic (exact) mass is 354 g/mol. The maximum Gasteiger partial charge on any atom is 0.494 e. The molecule has 1 aromatic heterocycles. The maximum absolute atomic E-state index is 6.19. The van der Waals surface area contributed by atoms with Gasteiger partial charge in [-0.15, -0.1) is 0 Å². The standard InChI is InChI=1S/C19H27BN4O2/c1-13(12-23(7)21-6)17-15-11-14(9-10-16(15)24(8)22-17)20-25-18(2,3)19(4,5)26-20/h9-12H,6H2,1-5,7-8H3/b13-12+. The van der Waals surface area contributed by atoms with Crippen molar-refractivity contribution in [3.8, 4) is 0 Å². The fourth-order valence-corrected chi connectivity index (χ4v) is 3.08. The Morgan fingerprint density at radius 2 is 1.88 bits per heavy atom. The molecule has 1 aromatic carbocycles. The van der Waals surface area contributed by atoms with Crippen molar-refractivity contribution in [1.82, 2.24) is 14.8 Å². The molecule has 0 amide bonds. The van der Waals surface area contributed by atoms with Crippen LogP contribution in [0.4, 0.5) is 0 Å². The number of allylic oxidation sites excluding steroid dienone is 1. The first-order valence-electron chi connectivity index (χ1n) is 8.76. The number of fused-ring (bicyclic) bond motifs is 1. The second kappa shape index (κ2) is 6.25. The molecule has 1 aliphatic heterocycles. The lowest BCUT2D eigenvalue weighted by atomic mass is 9.78. The highest BCUT2D eigenvalue weighted by Gasteiger charge is 2.51. The highest BCUT2D eigenvalue weighted by atomic mass is 16.7. The van der Waals surface area contributed by atoms with Gasteiger partial charge in [0.15, 0.2) is 0 Å². The smallest absolute Gasteiger partial charge is 0.399 e. The molecule has 0 N–H and O–H groups in total. The summed E-state index contributed by atoms with van der Waals surface area (Å²) in [6, 6.07) is 6.22. The molecule has 7 heteroatoms. The summed E-state index contributed by atoms with van der Waals surface area (Å²) in [6.45, 7) is 13.8. The Morgan fingerprint density at radius 3 is 2.46 bits per heavy atom. The van der Waals surface area contributed by atoms with Gasteiger partial charge in [0.05, 0.1) is 22.4 Å². The van der Waals surface area contributed by atoms with Gasteiger partial charge in [-0.25, -0.2) is 0 Å². The lowest BCUT2D eigenvalue weighted by Crippen LogP contribution is -2.41. The zero-order chi connectivity index (χ0) is 19.3. The van der Waals surface area contributed by atoms with E-state index in [0.717, 1.165) is 27.6 Å². The molecule has 0 atom stereocenters. The quantitative estimate of drug-likeness (QED) is 0.481. The van der Waals surface area contributed by atoms with Crippen LogP contribution in [0.5, 0.6) is 0 Å². The minimum absolute atomic E-state index is 0.363. The normalized spacial score (nSPS) is 19.2. The molecule has 1 fully saturated rings. The molecule has 2 heterocycles. The van der Waals surface area contributed by atoms with Crippen LogP contribution in [0.2, 0.25) is 0 Å². The summed E-state index contributed by atoms with van der Waals surface area (Å²) in [5, 5.41) is 11.3. The number of aromatic nitrogens is 2. The van der Waals surface area contributed by atoms with Crippen LogP contribution in [0.25, 0.3) is 16.5 Å². The largest absolute Gasteiger partial charge is 0.494 e. The van der Waals surface area contributed by atoms with Crippen molar-refractivity contribution in [1.29, 1.82) is 0 Å². The van der Waals surface area contributed by atoms with Crippen molar-refractivity contribution in [3.05, 3.63) is 30.1 Å². The Balaban J connectivity index is 2.05.